The van der Waals surface area contributed by atoms with E-state index in [1.807, 2.05) is 29.6 Å². The predicted octanol–water partition coefficient (Wildman–Crippen LogP) is 1.61. The summed E-state index contributed by atoms with van der Waals surface area (Å²) in [4.78, 5) is 13.6. The molecule has 0 unspecified atom stereocenters. The maximum absolute atomic E-state index is 10.9. The lowest BCUT2D eigenvalue weighted by molar-refractivity contribution is 0.312. The molecule has 0 bridgehead atoms. The molecule has 1 aromatic heterocycles. The van der Waals surface area contributed by atoms with Gasteiger partial charge in [-0.15, -0.1) is 0 Å². The Morgan fingerprint density at radius 3 is 2.63 bits per heavy atom. The van der Waals surface area contributed by atoms with Crippen LogP contribution >= 0.6 is 11.3 Å². The molecule has 6 heteroatoms. The molecule has 0 saturated carbocycles. The number of ether oxygens (including phenoxy) is 2. The highest BCUT2D eigenvalue weighted by atomic mass is 32.1. The molecule has 0 atom stereocenters. The van der Waals surface area contributed by atoms with E-state index < -0.39 is 0 Å². The Morgan fingerprint density at radius 1 is 1.26 bits per heavy atom. The van der Waals surface area contributed by atoms with Crippen LogP contribution in [0.25, 0.3) is 0 Å². The lowest BCUT2D eigenvalue weighted by Crippen LogP contribution is -2.21. The largest absolute Gasteiger partial charge is 0.497 e. The van der Waals surface area contributed by atoms with Gasteiger partial charge in [0.15, 0.2) is 0 Å². The molecule has 2 rings (SSSR count). The fraction of sp³-hybridized carbons (Fsp3) is 0.308. The van der Waals surface area contributed by atoms with E-state index in [1.165, 1.54) is 11.3 Å². The highest BCUT2D eigenvalue weighted by Gasteiger charge is 1.97. The summed E-state index contributed by atoms with van der Waals surface area (Å²) in [5.74, 6) is 1.62. The number of rotatable bonds is 7. The van der Waals surface area contributed by atoms with Crippen LogP contribution in [-0.2, 0) is 6.54 Å². The summed E-state index contributed by atoms with van der Waals surface area (Å²) in [6.07, 6.45) is 0. The minimum Gasteiger partial charge on any atom is -0.497 e. The van der Waals surface area contributed by atoms with E-state index in [9.17, 15) is 4.79 Å². The molecule has 0 spiro atoms. The SMILES string of the molecule is COc1ccc(OCCNCc2csc(=O)[nH]2)cc1. The average Bonchev–Trinajstić information content (AvgIpc) is 2.85. The Kier molecular flexibility index (Phi) is 5.00. The van der Waals surface area contributed by atoms with Crippen molar-refractivity contribution in [3.05, 3.63) is 45.0 Å². The van der Waals surface area contributed by atoms with Gasteiger partial charge in [-0.1, -0.05) is 11.3 Å². The van der Waals surface area contributed by atoms with Crippen LogP contribution < -0.4 is 19.7 Å². The number of nitrogens with one attached hydrogen (secondary N) is 2. The van der Waals surface area contributed by atoms with Gasteiger partial charge in [0, 0.05) is 24.2 Å². The van der Waals surface area contributed by atoms with Crippen LogP contribution in [0.4, 0.5) is 0 Å². The van der Waals surface area contributed by atoms with Crippen molar-refractivity contribution in [3.63, 3.8) is 0 Å². The van der Waals surface area contributed by atoms with E-state index in [0.717, 1.165) is 17.2 Å². The quantitative estimate of drug-likeness (QED) is 0.756. The molecule has 0 aliphatic carbocycles. The van der Waals surface area contributed by atoms with Crippen LogP contribution in [0, 0.1) is 0 Å². The highest BCUT2D eigenvalue weighted by Crippen LogP contribution is 2.16. The topological polar surface area (TPSA) is 63.4 Å². The zero-order valence-corrected chi connectivity index (χ0v) is 11.5. The maximum Gasteiger partial charge on any atom is 0.304 e. The summed E-state index contributed by atoms with van der Waals surface area (Å²) >= 11 is 1.17. The summed E-state index contributed by atoms with van der Waals surface area (Å²) in [6.45, 7) is 1.93. The van der Waals surface area contributed by atoms with Crippen molar-refractivity contribution in [1.29, 1.82) is 0 Å². The standard InChI is InChI=1S/C13H16N2O3S/c1-17-11-2-4-12(5-3-11)18-7-6-14-8-10-9-19-13(16)15-10/h2-5,9,14H,6-8H2,1H3,(H,15,16). The molecule has 0 fully saturated rings. The molecule has 2 aromatic rings. The van der Waals surface area contributed by atoms with E-state index in [0.29, 0.717) is 19.7 Å². The lowest BCUT2D eigenvalue weighted by atomic mass is 10.3. The zero-order valence-electron chi connectivity index (χ0n) is 10.6. The molecule has 5 nitrogen and oxygen atoms in total. The minimum absolute atomic E-state index is 0.0220. The monoisotopic (exact) mass is 280 g/mol. The zero-order chi connectivity index (χ0) is 13.5. The van der Waals surface area contributed by atoms with Crippen LogP contribution in [0.1, 0.15) is 5.69 Å². The fourth-order valence-electron chi connectivity index (χ4n) is 1.54. The second-order valence-electron chi connectivity index (χ2n) is 3.87. The number of thiazole rings is 1. The van der Waals surface area contributed by atoms with E-state index in [-0.39, 0.29) is 4.87 Å². The summed E-state index contributed by atoms with van der Waals surface area (Å²) in [5, 5.41) is 5.01. The van der Waals surface area contributed by atoms with Gasteiger partial charge in [-0.2, -0.15) is 0 Å². The summed E-state index contributed by atoms with van der Waals surface area (Å²) < 4.78 is 10.6. The maximum atomic E-state index is 10.9. The van der Waals surface area contributed by atoms with Gasteiger partial charge in [-0.25, -0.2) is 0 Å². The molecule has 0 aliphatic heterocycles. The van der Waals surface area contributed by atoms with Crippen molar-refractivity contribution in [2.45, 2.75) is 6.54 Å². The molecule has 2 N–H and O–H groups in total. The van der Waals surface area contributed by atoms with Crippen molar-refractivity contribution < 1.29 is 9.47 Å². The number of H-pyrrole nitrogens is 1. The third kappa shape index (κ3) is 4.42. The molecule has 19 heavy (non-hydrogen) atoms. The molecule has 0 aliphatic rings. The first-order valence-electron chi connectivity index (χ1n) is 5.92. The molecule has 0 saturated heterocycles. The number of methoxy groups -OCH3 is 1. The van der Waals surface area contributed by atoms with Gasteiger partial charge >= 0.3 is 4.87 Å². The number of hydrogen-bond acceptors (Lipinski definition) is 5. The number of aromatic amines is 1. The van der Waals surface area contributed by atoms with Crippen LogP contribution in [-0.4, -0.2) is 25.2 Å². The smallest absolute Gasteiger partial charge is 0.304 e. The van der Waals surface area contributed by atoms with Gasteiger partial charge < -0.3 is 19.8 Å². The van der Waals surface area contributed by atoms with Crippen LogP contribution in [0.5, 0.6) is 11.5 Å². The van der Waals surface area contributed by atoms with Gasteiger partial charge in [-0.05, 0) is 24.3 Å². The molecule has 0 amide bonds. The predicted molar refractivity (Wildman–Crippen MR) is 75.1 cm³/mol. The van der Waals surface area contributed by atoms with Gasteiger partial charge in [0.1, 0.15) is 18.1 Å². The van der Waals surface area contributed by atoms with E-state index >= 15 is 0 Å². The van der Waals surface area contributed by atoms with Crippen LogP contribution in [0.15, 0.2) is 34.4 Å². The van der Waals surface area contributed by atoms with Crippen molar-refractivity contribution in [2.75, 3.05) is 20.3 Å². The first-order valence-corrected chi connectivity index (χ1v) is 6.80. The average molecular weight is 280 g/mol. The summed E-state index contributed by atoms with van der Waals surface area (Å²) in [7, 11) is 1.63. The van der Waals surface area contributed by atoms with Gasteiger partial charge in [0.25, 0.3) is 0 Å². The molecule has 1 heterocycles. The second-order valence-corrected chi connectivity index (χ2v) is 4.72. The lowest BCUT2D eigenvalue weighted by Gasteiger charge is -2.07. The first-order chi connectivity index (χ1) is 9.28. The van der Waals surface area contributed by atoms with Gasteiger partial charge in [0.2, 0.25) is 0 Å². The molecular weight excluding hydrogens is 264 g/mol. The van der Waals surface area contributed by atoms with E-state index in [4.69, 9.17) is 9.47 Å². The summed E-state index contributed by atoms with van der Waals surface area (Å²) in [5.41, 5.74) is 0.902. The normalized spacial score (nSPS) is 10.4. The van der Waals surface area contributed by atoms with E-state index in [2.05, 4.69) is 10.3 Å². The third-order valence-corrected chi connectivity index (χ3v) is 3.21. The third-order valence-electron chi connectivity index (χ3n) is 2.49. The molecule has 0 radical (unpaired) electrons. The second kappa shape index (κ2) is 6.96. The first kappa shape index (κ1) is 13.6. The van der Waals surface area contributed by atoms with Crippen LogP contribution in [0.2, 0.25) is 0 Å². The Bertz CT molecular complexity index is 548. The van der Waals surface area contributed by atoms with Crippen LogP contribution in [0.3, 0.4) is 0 Å². The Balaban J connectivity index is 1.64. The Morgan fingerprint density at radius 2 is 2.00 bits per heavy atom. The minimum atomic E-state index is -0.0220. The van der Waals surface area contributed by atoms with Crippen molar-refractivity contribution >= 4 is 11.3 Å². The number of benzene rings is 1. The molecule has 1 aromatic carbocycles. The van der Waals surface area contributed by atoms with Crippen molar-refractivity contribution in [1.82, 2.24) is 10.3 Å². The van der Waals surface area contributed by atoms with Crippen molar-refractivity contribution in [2.24, 2.45) is 0 Å². The number of hydrogen-bond donors (Lipinski definition) is 2. The Hall–Kier alpha value is -1.79. The Labute approximate surface area is 115 Å². The molecule has 102 valence electrons. The van der Waals surface area contributed by atoms with Gasteiger partial charge in [0.05, 0.1) is 7.11 Å². The van der Waals surface area contributed by atoms with E-state index in [1.54, 1.807) is 7.11 Å². The molecular formula is C13H16N2O3S. The fourth-order valence-corrected chi connectivity index (χ4v) is 2.12. The number of aromatic nitrogens is 1. The van der Waals surface area contributed by atoms with Crippen molar-refractivity contribution in [3.8, 4) is 11.5 Å². The van der Waals surface area contributed by atoms with Gasteiger partial charge in [-0.3, -0.25) is 4.79 Å². The highest BCUT2D eigenvalue weighted by molar-refractivity contribution is 7.07. The summed E-state index contributed by atoms with van der Waals surface area (Å²) in [6, 6.07) is 7.46.